The van der Waals surface area contributed by atoms with Crippen LogP contribution < -0.4 is 10.2 Å². The molecule has 2 atom stereocenters. The second-order valence-corrected chi connectivity index (χ2v) is 6.27. The first-order chi connectivity index (χ1) is 10.6. The van der Waals surface area contributed by atoms with Crippen molar-refractivity contribution in [2.75, 3.05) is 38.3 Å². The van der Waals surface area contributed by atoms with Crippen molar-refractivity contribution in [3.8, 4) is 0 Å². The molecule has 3 heterocycles. The van der Waals surface area contributed by atoms with Crippen LogP contribution in [0.5, 0.6) is 0 Å². The number of aliphatic hydroxyl groups is 1. The van der Waals surface area contributed by atoms with Crippen LogP contribution in [0.3, 0.4) is 0 Å². The van der Waals surface area contributed by atoms with E-state index in [2.05, 4.69) is 15.2 Å². The van der Waals surface area contributed by atoms with Gasteiger partial charge in [0.1, 0.15) is 5.82 Å². The Morgan fingerprint density at radius 1 is 1.59 bits per heavy atom. The second-order valence-electron chi connectivity index (χ2n) is 6.27. The molecular formula is C16H23N3O3. The third-order valence-electron chi connectivity index (χ3n) is 4.89. The average molecular weight is 305 g/mol. The highest BCUT2D eigenvalue weighted by molar-refractivity contribution is 5.84. The summed E-state index contributed by atoms with van der Waals surface area (Å²) in [5, 5.41) is 12.2. The number of hydrogen-bond donors (Lipinski definition) is 2. The van der Waals surface area contributed by atoms with Gasteiger partial charge in [-0.2, -0.15) is 0 Å². The van der Waals surface area contributed by atoms with Crippen molar-refractivity contribution < 1.29 is 14.6 Å². The van der Waals surface area contributed by atoms with Gasteiger partial charge in [0.2, 0.25) is 5.91 Å². The van der Waals surface area contributed by atoms with E-state index in [0.717, 1.165) is 30.0 Å². The summed E-state index contributed by atoms with van der Waals surface area (Å²) in [6.07, 6.45) is 0.743. The standard InChI is InChI=1S/C16H23N3O3/c1-11-5-12(8-20)6-14(18-11)19-7-13-9-22-4-3-16(13,10-19)15(21)17-2/h5-6,13,20H,3-4,7-10H2,1-2H3,(H,17,21)/t13-,16+/m1/s1. The number of carbonyl (C=O) groups is 1. The van der Waals surface area contributed by atoms with Crippen molar-refractivity contribution in [3.05, 3.63) is 23.4 Å². The summed E-state index contributed by atoms with van der Waals surface area (Å²) in [6.45, 7) is 4.57. The number of hydrogen-bond acceptors (Lipinski definition) is 5. The average Bonchev–Trinajstić information content (AvgIpc) is 2.94. The van der Waals surface area contributed by atoms with Gasteiger partial charge in [-0.25, -0.2) is 4.98 Å². The van der Waals surface area contributed by atoms with Gasteiger partial charge in [0.05, 0.1) is 18.6 Å². The van der Waals surface area contributed by atoms with Crippen LogP contribution in [0.25, 0.3) is 0 Å². The maximum atomic E-state index is 12.5. The van der Waals surface area contributed by atoms with E-state index in [1.807, 2.05) is 19.1 Å². The van der Waals surface area contributed by atoms with Crippen LogP contribution >= 0.6 is 0 Å². The molecule has 22 heavy (non-hydrogen) atoms. The van der Waals surface area contributed by atoms with Crippen molar-refractivity contribution in [2.24, 2.45) is 11.3 Å². The Morgan fingerprint density at radius 3 is 3.14 bits per heavy atom. The molecule has 2 N–H and O–H groups in total. The fourth-order valence-electron chi connectivity index (χ4n) is 3.72. The van der Waals surface area contributed by atoms with Crippen LogP contribution in [0, 0.1) is 18.3 Å². The lowest BCUT2D eigenvalue weighted by Gasteiger charge is -2.36. The summed E-state index contributed by atoms with van der Waals surface area (Å²) >= 11 is 0. The van der Waals surface area contributed by atoms with E-state index in [9.17, 15) is 9.90 Å². The number of aryl methyl sites for hydroxylation is 1. The molecule has 2 saturated heterocycles. The third kappa shape index (κ3) is 2.46. The number of aliphatic hydroxyl groups excluding tert-OH is 1. The highest BCUT2D eigenvalue weighted by Gasteiger charge is 2.53. The molecule has 1 amide bonds. The molecule has 1 aromatic heterocycles. The Hall–Kier alpha value is -1.66. The molecule has 6 heteroatoms. The summed E-state index contributed by atoms with van der Waals surface area (Å²) in [7, 11) is 1.70. The molecule has 0 bridgehead atoms. The zero-order chi connectivity index (χ0) is 15.7. The third-order valence-corrected chi connectivity index (χ3v) is 4.89. The van der Waals surface area contributed by atoms with E-state index < -0.39 is 5.41 Å². The van der Waals surface area contributed by atoms with Crippen molar-refractivity contribution in [1.29, 1.82) is 0 Å². The van der Waals surface area contributed by atoms with Gasteiger partial charge in [-0.3, -0.25) is 4.79 Å². The predicted molar refractivity (Wildman–Crippen MR) is 82.5 cm³/mol. The number of ether oxygens (including phenoxy) is 1. The van der Waals surface area contributed by atoms with Crippen LogP contribution in [0.2, 0.25) is 0 Å². The molecule has 120 valence electrons. The number of nitrogens with one attached hydrogen (secondary N) is 1. The molecule has 0 aliphatic carbocycles. The molecule has 0 aromatic carbocycles. The molecule has 1 aromatic rings. The summed E-state index contributed by atoms with van der Waals surface area (Å²) in [5.74, 6) is 1.11. The van der Waals surface area contributed by atoms with Gasteiger partial charge in [0.15, 0.2) is 0 Å². The Labute approximate surface area is 130 Å². The number of nitrogens with zero attached hydrogens (tertiary/aromatic N) is 2. The summed E-state index contributed by atoms with van der Waals surface area (Å²) in [6, 6.07) is 3.78. The van der Waals surface area contributed by atoms with Crippen LogP contribution in [0.4, 0.5) is 5.82 Å². The second kappa shape index (κ2) is 5.85. The van der Waals surface area contributed by atoms with Crippen molar-refractivity contribution >= 4 is 11.7 Å². The zero-order valence-corrected chi connectivity index (χ0v) is 13.1. The van der Waals surface area contributed by atoms with Gasteiger partial charge in [-0.1, -0.05) is 0 Å². The highest BCUT2D eigenvalue weighted by atomic mass is 16.5. The van der Waals surface area contributed by atoms with Gasteiger partial charge >= 0.3 is 0 Å². The smallest absolute Gasteiger partial charge is 0.228 e. The van der Waals surface area contributed by atoms with Crippen molar-refractivity contribution in [2.45, 2.75) is 20.0 Å². The van der Waals surface area contributed by atoms with E-state index in [-0.39, 0.29) is 18.4 Å². The maximum Gasteiger partial charge on any atom is 0.228 e. The lowest BCUT2D eigenvalue weighted by Crippen LogP contribution is -2.49. The summed E-state index contributed by atoms with van der Waals surface area (Å²) < 4.78 is 5.59. The molecule has 2 aliphatic rings. The first kappa shape index (κ1) is 15.2. The molecule has 0 unspecified atom stereocenters. The molecule has 2 aliphatic heterocycles. The van der Waals surface area contributed by atoms with Crippen LogP contribution in [0.15, 0.2) is 12.1 Å². The monoisotopic (exact) mass is 305 g/mol. The van der Waals surface area contributed by atoms with Crippen LogP contribution in [0.1, 0.15) is 17.7 Å². The fraction of sp³-hybridized carbons (Fsp3) is 0.625. The van der Waals surface area contributed by atoms with E-state index in [0.29, 0.717) is 19.8 Å². The first-order valence-electron chi connectivity index (χ1n) is 7.72. The number of anilines is 1. The Balaban J connectivity index is 1.91. The number of carbonyl (C=O) groups excluding carboxylic acids is 1. The Kier molecular flexibility index (Phi) is 4.06. The van der Waals surface area contributed by atoms with Gasteiger partial charge in [0.25, 0.3) is 0 Å². The fourth-order valence-corrected chi connectivity index (χ4v) is 3.72. The minimum atomic E-state index is -0.391. The van der Waals surface area contributed by atoms with E-state index >= 15 is 0 Å². The predicted octanol–water partition coefficient (Wildman–Crippen LogP) is 0.471. The highest BCUT2D eigenvalue weighted by Crippen LogP contribution is 2.43. The van der Waals surface area contributed by atoms with Crippen LogP contribution in [-0.4, -0.2) is 49.3 Å². The largest absolute Gasteiger partial charge is 0.392 e. The molecule has 0 saturated carbocycles. The minimum absolute atomic E-state index is 0.00265. The first-order valence-corrected chi connectivity index (χ1v) is 7.72. The molecule has 0 spiro atoms. The van der Waals surface area contributed by atoms with E-state index in [1.165, 1.54) is 0 Å². The van der Waals surface area contributed by atoms with E-state index in [1.54, 1.807) is 7.05 Å². The molecule has 6 nitrogen and oxygen atoms in total. The van der Waals surface area contributed by atoms with E-state index in [4.69, 9.17) is 4.74 Å². The molecule has 0 radical (unpaired) electrons. The Morgan fingerprint density at radius 2 is 2.41 bits per heavy atom. The quantitative estimate of drug-likeness (QED) is 0.849. The molecular weight excluding hydrogens is 282 g/mol. The van der Waals surface area contributed by atoms with Gasteiger partial charge in [-0.05, 0) is 31.0 Å². The number of fused-ring (bicyclic) bond motifs is 1. The summed E-state index contributed by atoms with van der Waals surface area (Å²) in [5.41, 5.74) is 1.34. The minimum Gasteiger partial charge on any atom is -0.392 e. The molecule has 2 fully saturated rings. The normalized spacial score (nSPS) is 27.6. The lowest BCUT2D eigenvalue weighted by molar-refractivity contribution is -0.138. The van der Waals surface area contributed by atoms with Crippen molar-refractivity contribution in [1.82, 2.24) is 10.3 Å². The zero-order valence-electron chi connectivity index (χ0n) is 13.1. The maximum absolute atomic E-state index is 12.5. The lowest BCUT2D eigenvalue weighted by atomic mass is 9.73. The number of rotatable bonds is 3. The van der Waals surface area contributed by atoms with Gasteiger partial charge in [-0.15, -0.1) is 0 Å². The van der Waals surface area contributed by atoms with Gasteiger partial charge in [0, 0.05) is 38.4 Å². The number of pyridine rings is 1. The van der Waals surface area contributed by atoms with Crippen molar-refractivity contribution in [3.63, 3.8) is 0 Å². The SMILES string of the molecule is CNC(=O)[C@]12CCOC[C@H]1CN(c1cc(CO)cc(C)n1)C2. The number of amides is 1. The molecule has 3 rings (SSSR count). The topological polar surface area (TPSA) is 74.7 Å². The summed E-state index contributed by atoms with van der Waals surface area (Å²) in [4.78, 5) is 19.2. The van der Waals surface area contributed by atoms with Gasteiger partial charge < -0.3 is 20.1 Å². The number of aromatic nitrogens is 1. The van der Waals surface area contributed by atoms with Crippen LogP contribution in [-0.2, 0) is 16.1 Å². The Bertz CT molecular complexity index is 578.